The van der Waals surface area contributed by atoms with E-state index >= 15 is 0 Å². The Hall–Kier alpha value is -0.830. The smallest absolute Gasteiger partial charge is 0.128 e. The van der Waals surface area contributed by atoms with Crippen molar-refractivity contribution >= 4 is 21.6 Å². The highest BCUT2D eigenvalue weighted by atomic mass is 79.9. The van der Waals surface area contributed by atoms with Crippen molar-refractivity contribution in [3.63, 3.8) is 0 Å². The van der Waals surface area contributed by atoms with E-state index < -0.39 is 0 Å². The molecule has 0 aliphatic heterocycles. The molecule has 1 rings (SSSR count). The average molecular weight is 244 g/mol. The third-order valence-electron chi connectivity index (χ3n) is 1.74. The lowest BCUT2D eigenvalue weighted by Gasteiger charge is -2.08. The van der Waals surface area contributed by atoms with E-state index in [9.17, 15) is 4.39 Å². The van der Waals surface area contributed by atoms with Gasteiger partial charge in [-0.3, -0.25) is 0 Å². The number of benzene rings is 1. The van der Waals surface area contributed by atoms with Gasteiger partial charge in [0, 0.05) is 22.3 Å². The Morgan fingerprint density at radius 2 is 2.31 bits per heavy atom. The zero-order valence-electron chi connectivity index (χ0n) is 7.40. The number of rotatable bonds is 3. The van der Waals surface area contributed by atoms with Gasteiger partial charge >= 0.3 is 0 Å². The summed E-state index contributed by atoms with van der Waals surface area (Å²) in [6.07, 6.45) is 0. The van der Waals surface area contributed by atoms with Crippen LogP contribution < -0.4 is 5.32 Å². The van der Waals surface area contributed by atoms with Gasteiger partial charge in [-0.2, -0.15) is 0 Å². The van der Waals surface area contributed by atoms with Crippen LogP contribution in [0.4, 0.5) is 10.1 Å². The summed E-state index contributed by atoms with van der Waals surface area (Å²) in [7, 11) is 0. The molecule has 1 aromatic rings. The minimum Gasteiger partial charge on any atom is -0.380 e. The fraction of sp³-hybridized carbons (Fsp3) is 0.200. The maximum absolute atomic E-state index is 13.0. The van der Waals surface area contributed by atoms with Gasteiger partial charge in [0.1, 0.15) is 5.82 Å². The Morgan fingerprint density at radius 3 is 2.92 bits per heavy atom. The van der Waals surface area contributed by atoms with Crippen LogP contribution in [0.3, 0.4) is 0 Å². The van der Waals surface area contributed by atoms with Gasteiger partial charge in [0.25, 0.3) is 0 Å². The highest BCUT2D eigenvalue weighted by Crippen LogP contribution is 2.17. The van der Waals surface area contributed by atoms with Crippen LogP contribution in [0.15, 0.2) is 29.3 Å². The van der Waals surface area contributed by atoms with Crippen LogP contribution in [0.25, 0.3) is 0 Å². The number of hydrogen-bond acceptors (Lipinski definition) is 1. The van der Waals surface area contributed by atoms with E-state index in [1.165, 1.54) is 6.07 Å². The van der Waals surface area contributed by atoms with Crippen molar-refractivity contribution in [1.82, 2.24) is 0 Å². The quantitative estimate of drug-likeness (QED) is 0.858. The van der Waals surface area contributed by atoms with Crippen LogP contribution in [0.1, 0.15) is 5.56 Å². The zero-order valence-corrected chi connectivity index (χ0v) is 8.99. The molecular formula is C10H11BrFN. The lowest BCUT2D eigenvalue weighted by molar-refractivity contribution is 0.619. The van der Waals surface area contributed by atoms with Crippen molar-refractivity contribution in [2.24, 2.45) is 0 Å². The number of hydrogen-bond donors (Lipinski definition) is 1. The van der Waals surface area contributed by atoms with E-state index in [-0.39, 0.29) is 5.82 Å². The molecular weight excluding hydrogens is 233 g/mol. The molecule has 0 bridgehead atoms. The molecule has 0 fully saturated rings. The maximum atomic E-state index is 13.0. The van der Waals surface area contributed by atoms with Gasteiger partial charge in [0.05, 0.1) is 0 Å². The van der Waals surface area contributed by atoms with Gasteiger partial charge in [-0.25, -0.2) is 4.39 Å². The molecule has 0 aromatic heterocycles. The van der Waals surface area contributed by atoms with Crippen molar-refractivity contribution in [3.8, 4) is 0 Å². The van der Waals surface area contributed by atoms with Crippen LogP contribution in [-0.2, 0) is 0 Å². The van der Waals surface area contributed by atoms with Gasteiger partial charge in [-0.15, -0.1) is 0 Å². The molecule has 0 atom stereocenters. The maximum Gasteiger partial charge on any atom is 0.128 e. The van der Waals surface area contributed by atoms with Gasteiger partial charge < -0.3 is 5.32 Å². The van der Waals surface area contributed by atoms with E-state index in [1.54, 1.807) is 13.0 Å². The standard InChI is InChI=1S/C10H11BrFN/c1-7(11)6-13-10-5-3-4-9(12)8(10)2/h3-5,13H,1,6H2,2H3. The number of nitrogens with one attached hydrogen (secondary N) is 1. The topological polar surface area (TPSA) is 12.0 Å². The lowest BCUT2D eigenvalue weighted by atomic mass is 10.2. The van der Waals surface area contributed by atoms with Gasteiger partial charge in [0.2, 0.25) is 0 Å². The van der Waals surface area contributed by atoms with Gasteiger partial charge in [0.15, 0.2) is 0 Å². The van der Waals surface area contributed by atoms with E-state index in [2.05, 4.69) is 27.8 Å². The minimum absolute atomic E-state index is 0.190. The first-order valence-electron chi connectivity index (χ1n) is 3.93. The van der Waals surface area contributed by atoms with Crippen LogP contribution >= 0.6 is 15.9 Å². The second kappa shape index (κ2) is 4.42. The molecule has 1 nitrogen and oxygen atoms in total. The molecule has 70 valence electrons. The SMILES string of the molecule is C=C(Br)CNc1cccc(F)c1C. The normalized spacial score (nSPS) is 9.77. The molecule has 13 heavy (non-hydrogen) atoms. The molecule has 3 heteroatoms. The van der Waals surface area contributed by atoms with Crippen molar-refractivity contribution in [3.05, 3.63) is 40.6 Å². The molecule has 0 saturated carbocycles. The summed E-state index contributed by atoms with van der Waals surface area (Å²) in [6, 6.07) is 4.97. The molecule has 0 aliphatic rings. The summed E-state index contributed by atoms with van der Waals surface area (Å²) in [5.41, 5.74) is 1.44. The summed E-state index contributed by atoms with van der Waals surface area (Å²) in [4.78, 5) is 0. The Labute approximate surface area is 85.8 Å². The monoisotopic (exact) mass is 243 g/mol. The van der Waals surface area contributed by atoms with Crippen molar-refractivity contribution in [1.29, 1.82) is 0 Å². The molecule has 0 aliphatic carbocycles. The molecule has 0 radical (unpaired) electrons. The van der Waals surface area contributed by atoms with Crippen LogP contribution in [0, 0.1) is 12.7 Å². The molecule has 0 saturated heterocycles. The molecule has 1 aromatic carbocycles. The van der Waals surface area contributed by atoms with Gasteiger partial charge in [-0.05, 0) is 19.1 Å². The second-order valence-electron chi connectivity index (χ2n) is 2.78. The summed E-state index contributed by atoms with van der Waals surface area (Å²) < 4.78 is 13.9. The van der Waals surface area contributed by atoms with Crippen LogP contribution in [0.5, 0.6) is 0 Å². The summed E-state index contributed by atoms with van der Waals surface area (Å²) >= 11 is 3.22. The van der Waals surface area contributed by atoms with Crippen molar-refractivity contribution in [2.45, 2.75) is 6.92 Å². The van der Waals surface area contributed by atoms with E-state index in [0.29, 0.717) is 12.1 Å². The molecule has 0 amide bonds. The van der Waals surface area contributed by atoms with E-state index in [4.69, 9.17) is 0 Å². The van der Waals surface area contributed by atoms with Crippen molar-refractivity contribution in [2.75, 3.05) is 11.9 Å². The predicted octanol–water partition coefficient (Wildman–Crippen LogP) is 3.45. The third kappa shape index (κ3) is 2.84. The number of anilines is 1. The van der Waals surface area contributed by atoms with Crippen LogP contribution in [0.2, 0.25) is 0 Å². The third-order valence-corrected chi connectivity index (χ3v) is 2.02. The Bertz CT molecular complexity index is 323. The molecule has 1 N–H and O–H groups in total. The lowest BCUT2D eigenvalue weighted by Crippen LogP contribution is -2.02. The second-order valence-corrected chi connectivity index (χ2v) is 3.90. The Morgan fingerprint density at radius 1 is 1.62 bits per heavy atom. The first-order chi connectivity index (χ1) is 6.11. The van der Waals surface area contributed by atoms with Gasteiger partial charge in [-0.1, -0.05) is 28.6 Å². The zero-order chi connectivity index (χ0) is 9.84. The Balaban J connectivity index is 2.77. The number of halogens is 2. The largest absolute Gasteiger partial charge is 0.380 e. The van der Waals surface area contributed by atoms with Crippen LogP contribution in [-0.4, -0.2) is 6.54 Å². The van der Waals surface area contributed by atoms with Crippen molar-refractivity contribution < 1.29 is 4.39 Å². The summed E-state index contributed by atoms with van der Waals surface area (Å²) in [6.45, 7) is 6.03. The highest BCUT2D eigenvalue weighted by Gasteiger charge is 2.01. The molecule has 0 spiro atoms. The molecule has 0 heterocycles. The average Bonchev–Trinajstić information content (AvgIpc) is 2.07. The fourth-order valence-electron chi connectivity index (χ4n) is 0.990. The minimum atomic E-state index is -0.190. The first-order valence-corrected chi connectivity index (χ1v) is 4.73. The predicted molar refractivity (Wildman–Crippen MR) is 57.7 cm³/mol. The summed E-state index contributed by atoms with van der Waals surface area (Å²) in [5.74, 6) is -0.190. The van der Waals surface area contributed by atoms with E-state index in [0.717, 1.165) is 10.2 Å². The van der Waals surface area contributed by atoms with E-state index in [1.807, 2.05) is 6.07 Å². The molecule has 0 unspecified atom stereocenters. The highest BCUT2D eigenvalue weighted by molar-refractivity contribution is 9.11. The summed E-state index contributed by atoms with van der Waals surface area (Å²) in [5, 5.41) is 3.07. The Kier molecular flexibility index (Phi) is 3.48. The fourth-order valence-corrected chi connectivity index (χ4v) is 1.13. The first kappa shape index (κ1) is 10.3.